The summed E-state index contributed by atoms with van der Waals surface area (Å²) >= 11 is 0. The molecule has 8 heteroatoms. The lowest BCUT2D eigenvalue weighted by Gasteiger charge is -2.29. The molecule has 1 fully saturated rings. The molecule has 1 heterocycles. The van der Waals surface area contributed by atoms with Crippen molar-refractivity contribution in [3.8, 4) is 6.07 Å². The fraction of sp³-hybridized carbons (Fsp3) is 0.222. The van der Waals surface area contributed by atoms with Gasteiger partial charge in [0.1, 0.15) is 5.76 Å². The van der Waals surface area contributed by atoms with Crippen LogP contribution in [-0.4, -0.2) is 32.1 Å². The van der Waals surface area contributed by atoms with Crippen molar-refractivity contribution in [2.24, 2.45) is 5.92 Å². The molecule has 0 amide bonds. The van der Waals surface area contributed by atoms with Crippen LogP contribution in [0.4, 0.5) is 5.69 Å². The molecule has 0 spiro atoms. The average molecular weight is 605 g/mol. The molecular formula is C36H32N2O5S. The van der Waals surface area contributed by atoms with Gasteiger partial charge in [-0.2, -0.15) is 5.26 Å². The van der Waals surface area contributed by atoms with Crippen molar-refractivity contribution in [2.45, 2.75) is 42.1 Å². The van der Waals surface area contributed by atoms with Crippen molar-refractivity contribution in [3.05, 3.63) is 143 Å². The van der Waals surface area contributed by atoms with Crippen LogP contribution in [0.3, 0.4) is 0 Å². The maximum absolute atomic E-state index is 13.8. The first kappa shape index (κ1) is 29.2. The predicted molar refractivity (Wildman–Crippen MR) is 167 cm³/mol. The molecule has 4 aromatic carbocycles. The first-order chi connectivity index (χ1) is 21.2. The van der Waals surface area contributed by atoms with E-state index in [4.69, 9.17) is 10.00 Å². The Kier molecular flexibility index (Phi) is 7.74. The molecular weight excluding hydrogens is 572 g/mol. The van der Waals surface area contributed by atoms with Gasteiger partial charge in [0.15, 0.2) is 5.60 Å². The molecule has 1 saturated carbocycles. The summed E-state index contributed by atoms with van der Waals surface area (Å²) in [6.07, 6.45) is 2.38. The molecule has 0 bridgehead atoms. The second-order valence-corrected chi connectivity index (χ2v) is 13.5. The summed E-state index contributed by atoms with van der Waals surface area (Å²) in [5, 5.41) is 21.1. The molecule has 7 nitrogen and oxygen atoms in total. The number of sulfonamides is 1. The molecule has 44 heavy (non-hydrogen) atoms. The van der Waals surface area contributed by atoms with Crippen molar-refractivity contribution in [1.82, 2.24) is 0 Å². The molecule has 2 aliphatic rings. The molecule has 0 radical (unpaired) electrons. The zero-order valence-corrected chi connectivity index (χ0v) is 25.1. The number of rotatable bonds is 10. The number of carbonyl (C=O) groups is 1. The summed E-state index contributed by atoms with van der Waals surface area (Å²) in [7, 11) is -2.45. The van der Waals surface area contributed by atoms with Gasteiger partial charge in [-0.15, -0.1) is 0 Å². The summed E-state index contributed by atoms with van der Waals surface area (Å²) in [5.41, 5.74) is 2.37. The number of aliphatic hydroxyl groups is 1. The number of cyclic esters (lactones) is 1. The van der Waals surface area contributed by atoms with Crippen LogP contribution in [-0.2, 0) is 32.4 Å². The number of anilines is 1. The maximum atomic E-state index is 13.8. The quantitative estimate of drug-likeness (QED) is 0.208. The van der Waals surface area contributed by atoms with Crippen LogP contribution < -0.4 is 4.31 Å². The van der Waals surface area contributed by atoms with Gasteiger partial charge in [0.05, 0.1) is 27.8 Å². The summed E-state index contributed by atoms with van der Waals surface area (Å²) in [4.78, 5) is 13.8. The fourth-order valence-corrected chi connectivity index (χ4v) is 7.25. The van der Waals surface area contributed by atoms with Crippen molar-refractivity contribution in [1.29, 1.82) is 5.26 Å². The number of nitrogens with zero attached hydrogens (tertiary/aromatic N) is 2. The number of carbonyl (C=O) groups excluding carboxylic acids is 1. The van der Waals surface area contributed by atoms with E-state index in [1.165, 1.54) is 35.6 Å². The molecule has 222 valence electrons. The molecule has 1 unspecified atom stereocenters. The summed E-state index contributed by atoms with van der Waals surface area (Å²) in [6, 6.07) is 34.2. The van der Waals surface area contributed by atoms with E-state index in [9.17, 15) is 18.3 Å². The van der Waals surface area contributed by atoms with E-state index in [1.807, 2.05) is 72.8 Å². The first-order valence-corrected chi connectivity index (χ1v) is 16.0. The number of hydrogen-bond acceptors (Lipinski definition) is 6. The van der Waals surface area contributed by atoms with E-state index >= 15 is 0 Å². The number of hydrogen-bond donors (Lipinski definition) is 1. The van der Waals surface area contributed by atoms with Gasteiger partial charge < -0.3 is 9.84 Å². The van der Waals surface area contributed by atoms with Crippen LogP contribution in [0, 0.1) is 17.2 Å². The lowest BCUT2D eigenvalue weighted by molar-refractivity contribution is -0.148. The summed E-state index contributed by atoms with van der Waals surface area (Å²) < 4.78 is 34.3. The highest BCUT2D eigenvalue weighted by molar-refractivity contribution is 7.92. The highest BCUT2D eigenvalue weighted by Gasteiger charge is 2.52. The van der Waals surface area contributed by atoms with Gasteiger partial charge in [-0.3, -0.25) is 4.31 Å². The van der Waals surface area contributed by atoms with Gasteiger partial charge in [-0.1, -0.05) is 72.8 Å². The molecule has 1 aliphatic heterocycles. The third-order valence-corrected chi connectivity index (χ3v) is 10.3. The van der Waals surface area contributed by atoms with Gasteiger partial charge in [0.2, 0.25) is 0 Å². The third kappa shape index (κ3) is 5.59. The smallest absolute Gasteiger partial charge is 0.339 e. The average Bonchev–Trinajstić information content (AvgIpc) is 3.85. The number of nitriles is 1. The van der Waals surface area contributed by atoms with E-state index in [1.54, 1.807) is 18.2 Å². The number of benzene rings is 4. The lowest BCUT2D eigenvalue weighted by atomic mass is 9.81. The molecule has 1 N–H and O–H groups in total. The minimum Gasteiger partial charge on any atom is -0.507 e. The molecule has 0 aromatic heterocycles. The van der Waals surface area contributed by atoms with E-state index in [0.29, 0.717) is 24.1 Å². The predicted octanol–water partition coefficient (Wildman–Crippen LogP) is 6.47. The molecule has 1 aliphatic carbocycles. The second kappa shape index (κ2) is 11.7. The van der Waals surface area contributed by atoms with Crippen molar-refractivity contribution >= 4 is 21.7 Å². The Balaban J connectivity index is 1.39. The highest BCUT2D eigenvalue weighted by Crippen LogP contribution is 2.52. The molecule has 4 aromatic rings. The topological polar surface area (TPSA) is 108 Å². The number of ether oxygens (including phenoxy) is 1. The minimum atomic E-state index is -3.92. The van der Waals surface area contributed by atoms with Crippen molar-refractivity contribution in [3.63, 3.8) is 0 Å². The zero-order valence-electron chi connectivity index (χ0n) is 24.3. The Bertz CT molecular complexity index is 1820. The zero-order chi connectivity index (χ0) is 30.9. The SMILES string of the molecule is CN(c1cccc(C(C2=C(O)C(Cc3ccccc3)(Cc3ccccc3)OC2=O)C2CC2)c1)S(=O)(=O)c1ccc(C#N)cc1. The van der Waals surface area contributed by atoms with Crippen LogP contribution >= 0.6 is 0 Å². The highest BCUT2D eigenvalue weighted by atomic mass is 32.2. The Labute approximate surface area is 257 Å². The second-order valence-electron chi connectivity index (χ2n) is 11.5. The minimum absolute atomic E-state index is 0.0592. The third-order valence-electron chi connectivity index (χ3n) is 8.50. The van der Waals surface area contributed by atoms with Gasteiger partial charge >= 0.3 is 5.97 Å². The van der Waals surface area contributed by atoms with Crippen LogP contribution in [0.15, 0.2) is 125 Å². The molecule has 6 rings (SSSR count). The van der Waals surface area contributed by atoms with Crippen molar-refractivity contribution in [2.75, 3.05) is 11.4 Å². The van der Waals surface area contributed by atoms with Gasteiger partial charge in [-0.25, -0.2) is 13.2 Å². The lowest BCUT2D eigenvalue weighted by Crippen LogP contribution is -2.37. The fourth-order valence-electron chi connectivity index (χ4n) is 6.07. The largest absolute Gasteiger partial charge is 0.507 e. The Hall–Kier alpha value is -4.87. The first-order valence-electron chi connectivity index (χ1n) is 14.6. The van der Waals surface area contributed by atoms with Crippen LogP contribution in [0.25, 0.3) is 0 Å². The maximum Gasteiger partial charge on any atom is 0.339 e. The molecule has 0 saturated heterocycles. The van der Waals surface area contributed by atoms with E-state index in [0.717, 1.165) is 29.5 Å². The Morgan fingerprint density at radius 2 is 1.50 bits per heavy atom. The number of aliphatic hydroxyl groups excluding tert-OH is 1. The van der Waals surface area contributed by atoms with Crippen LogP contribution in [0.1, 0.15) is 41.0 Å². The standard InChI is InChI=1S/C36H32N2O5S/c1-38(44(41,42)31-19-15-27(24-37)16-20-31)30-14-8-13-29(21-30)32(28-17-18-28)33-34(39)36(43-35(33)40,22-25-9-4-2-5-10-25)23-26-11-6-3-7-12-26/h2-16,19-21,28,32,39H,17-18,22-23H2,1H3. The monoisotopic (exact) mass is 604 g/mol. The van der Waals surface area contributed by atoms with Crippen LogP contribution in [0.5, 0.6) is 0 Å². The summed E-state index contributed by atoms with van der Waals surface area (Å²) in [5.74, 6) is -0.951. The molecule has 1 atom stereocenters. The normalized spacial score (nSPS) is 16.7. The van der Waals surface area contributed by atoms with Crippen LogP contribution in [0.2, 0.25) is 0 Å². The van der Waals surface area contributed by atoms with E-state index in [-0.39, 0.29) is 22.1 Å². The van der Waals surface area contributed by atoms with Gasteiger partial charge in [0.25, 0.3) is 10.0 Å². The Morgan fingerprint density at radius 3 is 2.05 bits per heavy atom. The number of esters is 1. The van der Waals surface area contributed by atoms with Crippen molar-refractivity contribution < 1.29 is 23.1 Å². The van der Waals surface area contributed by atoms with Gasteiger partial charge in [0, 0.05) is 25.8 Å². The Morgan fingerprint density at radius 1 is 0.909 bits per heavy atom. The van der Waals surface area contributed by atoms with Gasteiger partial charge in [-0.05, 0) is 71.8 Å². The van der Waals surface area contributed by atoms with E-state index in [2.05, 4.69) is 0 Å². The van der Waals surface area contributed by atoms with E-state index < -0.39 is 27.5 Å². The summed E-state index contributed by atoms with van der Waals surface area (Å²) in [6.45, 7) is 0.